The van der Waals surface area contributed by atoms with E-state index in [1.165, 1.54) is 6.07 Å². The molecule has 18 heavy (non-hydrogen) atoms. The Bertz CT molecular complexity index is 415. The number of allylic oxidation sites excluding steroid dienone is 1. The van der Waals surface area contributed by atoms with Crippen LogP contribution < -0.4 is 5.32 Å². The number of benzene rings is 1. The van der Waals surface area contributed by atoms with E-state index in [2.05, 4.69) is 11.9 Å². The highest BCUT2D eigenvalue weighted by molar-refractivity contribution is 5.31. The van der Waals surface area contributed by atoms with Crippen molar-refractivity contribution in [3.8, 4) is 0 Å². The number of halogens is 1. The molecule has 0 aromatic heterocycles. The first-order valence-electron chi connectivity index (χ1n) is 6.47. The maximum atomic E-state index is 13.7. The molecule has 1 aliphatic carbocycles. The number of aliphatic hydroxyl groups excluding tert-OH is 1. The Labute approximate surface area is 108 Å². The topological polar surface area (TPSA) is 32.3 Å². The Kier molecular flexibility index (Phi) is 4.15. The molecule has 0 bridgehead atoms. The Morgan fingerprint density at radius 3 is 2.78 bits per heavy atom. The van der Waals surface area contributed by atoms with Crippen LogP contribution >= 0.6 is 0 Å². The SMILES string of the molecule is C=CCCC(O)CNC1(c2ccccc2F)CC1. The van der Waals surface area contributed by atoms with Crippen LogP contribution in [0.3, 0.4) is 0 Å². The van der Waals surface area contributed by atoms with Gasteiger partial charge < -0.3 is 10.4 Å². The summed E-state index contributed by atoms with van der Waals surface area (Å²) in [6.45, 7) is 4.13. The standard InChI is InChI=1S/C15H20FNO/c1-2-3-6-12(18)11-17-15(9-10-15)13-7-4-5-8-14(13)16/h2,4-5,7-8,12,17-18H,1,3,6,9-11H2. The van der Waals surface area contributed by atoms with E-state index in [1.54, 1.807) is 12.1 Å². The lowest BCUT2D eigenvalue weighted by molar-refractivity contribution is 0.156. The van der Waals surface area contributed by atoms with Crippen LogP contribution in [0.1, 0.15) is 31.2 Å². The van der Waals surface area contributed by atoms with Crippen molar-refractivity contribution >= 4 is 0 Å². The molecular weight excluding hydrogens is 229 g/mol. The first-order valence-corrected chi connectivity index (χ1v) is 6.47. The highest BCUT2D eigenvalue weighted by Gasteiger charge is 2.45. The van der Waals surface area contributed by atoms with Crippen molar-refractivity contribution in [2.75, 3.05) is 6.54 Å². The van der Waals surface area contributed by atoms with Crippen LogP contribution in [-0.2, 0) is 5.54 Å². The number of hydrogen-bond donors (Lipinski definition) is 2. The monoisotopic (exact) mass is 249 g/mol. The van der Waals surface area contributed by atoms with Crippen LogP contribution in [-0.4, -0.2) is 17.8 Å². The van der Waals surface area contributed by atoms with Crippen molar-refractivity contribution in [3.63, 3.8) is 0 Å². The third kappa shape index (κ3) is 2.98. The fourth-order valence-electron chi connectivity index (χ4n) is 2.24. The van der Waals surface area contributed by atoms with Gasteiger partial charge >= 0.3 is 0 Å². The van der Waals surface area contributed by atoms with Crippen molar-refractivity contribution in [2.24, 2.45) is 0 Å². The van der Waals surface area contributed by atoms with Crippen LogP contribution in [0.25, 0.3) is 0 Å². The lowest BCUT2D eigenvalue weighted by atomic mass is 10.0. The van der Waals surface area contributed by atoms with E-state index in [1.807, 2.05) is 12.1 Å². The van der Waals surface area contributed by atoms with Crippen LogP contribution in [0, 0.1) is 5.82 Å². The Hall–Kier alpha value is -1.19. The van der Waals surface area contributed by atoms with Gasteiger partial charge in [-0.15, -0.1) is 6.58 Å². The molecule has 1 aromatic carbocycles. The summed E-state index contributed by atoms with van der Waals surface area (Å²) in [5.41, 5.74) is 0.474. The predicted molar refractivity (Wildman–Crippen MR) is 70.8 cm³/mol. The molecule has 98 valence electrons. The van der Waals surface area contributed by atoms with Crippen molar-refractivity contribution in [3.05, 3.63) is 48.3 Å². The quantitative estimate of drug-likeness (QED) is 0.728. The third-order valence-electron chi connectivity index (χ3n) is 3.52. The molecule has 3 heteroatoms. The van der Waals surface area contributed by atoms with Gasteiger partial charge in [0.1, 0.15) is 5.82 Å². The lowest BCUT2D eigenvalue weighted by Crippen LogP contribution is -2.36. The second kappa shape index (κ2) is 5.63. The first-order chi connectivity index (χ1) is 8.68. The summed E-state index contributed by atoms with van der Waals surface area (Å²) in [6.07, 6.45) is 4.77. The van der Waals surface area contributed by atoms with Crippen molar-refractivity contribution in [1.29, 1.82) is 0 Å². The van der Waals surface area contributed by atoms with Gasteiger partial charge in [0.15, 0.2) is 0 Å². The molecule has 0 heterocycles. The summed E-state index contributed by atoms with van der Waals surface area (Å²) in [6, 6.07) is 6.87. The smallest absolute Gasteiger partial charge is 0.128 e. The molecule has 0 saturated heterocycles. The lowest BCUT2D eigenvalue weighted by Gasteiger charge is -2.20. The molecule has 2 rings (SSSR count). The minimum Gasteiger partial charge on any atom is -0.392 e. The van der Waals surface area contributed by atoms with Gasteiger partial charge in [-0.25, -0.2) is 4.39 Å². The predicted octanol–water partition coefficient (Wildman–Crippen LogP) is 2.73. The number of rotatable bonds is 7. The highest BCUT2D eigenvalue weighted by Crippen LogP contribution is 2.46. The molecule has 0 radical (unpaired) electrons. The molecule has 2 nitrogen and oxygen atoms in total. The minimum atomic E-state index is -0.396. The van der Waals surface area contributed by atoms with Gasteiger partial charge in [-0.2, -0.15) is 0 Å². The van der Waals surface area contributed by atoms with Gasteiger partial charge in [0, 0.05) is 17.6 Å². The highest BCUT2D eigenvalue weighted by atomic mass is 19.1. The Morgan fingerprint density at radius 1 is 1.44 bits per heavy atom. The van der Waals surface area contributed by atoms with E-state index in [-0.39, 0.29) is 11.4 Å². The molecule has 2 N–H and O–H groups in total. The zero-order chi connectivity index (χ0) is 13.0. The first kappa shape index (κ1) is 13.2. The molecule has 0 spiro atoms. The van der Waals surface area contributed by atoms with Crippen LogP contribution in [0.15, 0.2) is 36.9 Å². The van der Waals surface area contributed by atoms with Gasteiger partial charge in [-0.3, -0.25) is 0 Å². The maximum absolute atomic E-state index is 13.7. The molecule has 1 aromatic rings. The molecule has 1 aliphatic rings. The van der Waals surface area contributed by atoms with Gasteiger partial charge in [-0.05, 0) is 31.7 Å². The summed E-state index contributed by atoms with van der Waals surface area (Å²) >= 11 is 0. The average molecular weight is 249 g/mol. The second-order valence-corrected chi connectivity index (χ2v) is 4.96. The average Bonchev–Trinajstić information content (AvgIpc) is 3.15. The van der Waals surface area contributed by atoms with Crippen molar-refractivity contribution < 1.29 is 9.50 Å². The molecule has 0 amide bonds. The number of hydrogen-bond acceptors (Lipinski definition) is 2. The number of nitrogens with one attached hydrogen (secondary N) is 1. The van der Waals surface area contributed by atoms with Gasteiger partial charge in [0.05, 0.1) is 6.10 Å². The third-order valence-corrected chi connectivity index (χ3v) is 3.52. The van der Waals surface area contributed by atoms with Gasteiger partial charge in [0.2, 0.25) is 0 Å². The zero-order valence-corrected chi connectivity index (χ0v) is 10.5. The molecule has 1 saturated carbocycles. The fraction of sp³-hybridized carbons (Fsp3) is 0.467. The maximum Gasteiger partial charge on any atom is 0.128 e. The van der Waals surface area contributed by atoms with Gasteiger partial charge in [0.25, 0.3) is 0 Å². The molecule has 1 fully saturated rings. The van der Waals surface area contributed by atoms with E-state index < -0.39 is 6.10 Å². The Morgan fingerprint density at radius 2 is 2.17 bits per heavy atom. The fourth-order valence-corrected chi connectivity index (χ4v) is 2.24. The van der Waals surface area contributed by atoms with Crippen LogP contribution in [0.2, 0.25) is 0 Å². The summed E-state index contributed by atoms with van der Waals surface area (Å²) in [4.78, 5) is 0. The Balaban J connectivity index is 1.93. The molecule has 1 atom stereocenters. The summed E-state index contributed by atoms with van der Waals surface area (Å²) in [7, 11) is 0. The van der Waals surface area contributed by atoms with E-state index in [4.69, 9.17) is 0 Å². The number of aliphatic hydroxyl groups is 1. The normalized spacial score (nSPS) is 18.3. The molecular formula is C15H20FNO. The minimum absolute atomic E-state index is 0.164. The van der Waals surface area contributed by atoms with E-state index in [9.17, 15) is 9.50 Å². The van der Waals surface area contributed by atoms with E-state index in [0.717, 1.165) is 24.8 Å². The zero-order valence-electron chi connectivity index (χ0n) is 10.5. The van der Waals surface area contributed by atoms with Crippen LogP contribution in [0.5, 0.6) is 0 Å². The van der Waals surface area contributed by atoms with Crippen LogP contribution in [0.4, 0.5) is 4.39 Å². The summed E-state index contributed by atoms with van der Waals surface area (Å²) in [5, 5.41) is 13.1. The van der Waals surface area contributed by atoms with Crippen molar-refractivity contribution in [1.82, 2.24) is 5.32 Å². The van der Waals surface area contributed by atoms with E-state index >= 15 is 0 Å². The van der Waals surface area contributed by atoms with Crippen molar-refractivity contribution in [2.45, 2.75) is 37.3 Å². The molecule has 0 aliphatic heterocycles. The summed E-state index contributed by atoms with van der Waals surface area (Å²) < 4.78 is 13.7. The largest absolute Gasteiger partial charge is 0.392 e. The van der Waals surface area contributed by atoms with Gasteiger partial charge in [-0.1, -0.05) is 24.3 Å². The second-order valence-electron chi connectivity index (χ2n) is 4.96. The van der Waals surface area contributed by atoms with E-state index in [0.29, 0.717) is 13.0 Å². The summed E-state index contributed by atoms with van der Waals surface area (Å²) in [5.74, 6) is -0.164. The molecule has 1 unspecified atom stereocenters.